The zero-order valence-electron chi connectivity index (χ0n) is 15.4. The molecule has 142 valence electrons. The summed E-state index contributed by atoms with van der Waals surface area (Å²) in [5.74, 6) is -0.375. The quantitative estimate of drug-likeness (QED) is 0.781. The van der Waals surface area contributed by atoms with Crippen molar-refractivity contribution in [2.75, 3.05) is 10.2 Å². The van der Waals surface area contributed by atoms with E-state index in [-0.39, 0.29) is 35.5 Å². The van der Waals surface area contributed by atoms with Gasteiger partial charge in [0, 0.05) is 28.9 Å². The molecule has 1 N–H and O–H groups in total. The van der Waals surface area contributed by atoms with Crippen molar-refractivity contribution < 1.29 is 13.6 Å². The Hall–Kier alpha value is -2.43. The van der Waals surface area contributed by atoms with Crippen molar-refractivity contribution in [2.24, 2.45) is 5.92 Å². The molecular formula is C22H24F2N2O. The van der Waals surface area contributed by atoms with Gasteiger partial charge in [0.1, 0.15) is 11.6 Å². The SMILES string of the molecule is CC1CC(Nc2ccc(F)cc2)c2cc(F)ccc2N1C(=O)C1CCCC1. The third kappa shape index (κ3) is 3.55. The summed E-state index contributed by atoms with van der Waals surface area (Å²) < 4.78 is 27.2. The molecule has 1 saturated carbocycles. The molecule has 1 heterocycles. The summed E-state index contributed by atoms with van der Waals surface area (Å²) in [5.41, 5.74) is 2.34. The van der Waals surface area contributed by atoms with Crippen molar-refractivity contribution in [3.8, 4) is 0 Å². The number of hydrogen-bond acceptors (Lipinski definition) is 2. The Morgan fingerprint density at radius 1 is 1.04 bits per heavy atom. The minimum Gasteiger partial charge on any atom is -0.378 e. The number of carbonyl (C=O) groups excluding carboxylic acids is 1. The molecule has 0 saturated heterocycles. The summed E-state index contributed by atoms with van der Waals surface area (Å²) in [6.45, 7) is 2.04. The highest BCUT2D eigenvalue weighted by molar-refractivity contribution is 5.97. The fourth-order valence-electron chi connectivity index (χ4n) is 4.42. The second-order valence-electron chi connectivity index (χ2n) is 7.68. The Balaban J connectivity index is 1.67. The number of amides is 1. The van der Waals surface area contributed by atoms with Crippen LogP contribution in [0.5, 0.6) is 0 Å². The summed E-state index contributed by atoms with van der Waals surface area (Å²) in [6.07, 6.45) is 4.76. The lowest BCUT2D eigenvalue weighted by Crippen LogP contribution is -2.46. The van der Waals surface area contributed by atoms with Crippen molar-refractivity contribution in [2.45, 2.75) is 51.1 Å². The monoisotopic (exact) mass is 370 g/mol. The first-order chi connectivity index (χ1) is 13.0. The Labute approximate surface area is 158 Å². The van der Waals surface area contributed by atoms with Gasteiger partial charge in [0.2, 0.25) is 5.91 Å². The van der Waals surface area contributed by atoms with E-state index in [1.807, 2.05) is 11.8 Å². The number of fused-ring (bicyclic) bond motifs is 1. The van der Waals surface area contributed by atoms with E-state index in [2.05, 4.69) is 5.32 Å². The highest BCUT2D eigenvalue weighted by atomic mass is 19.1. The van der Waals surface area contributed by atoms with Crippen LogP contribution in [0.4, 0.5) is 20.2 Å². The Morgan fingerprint density at radius 2 is 1.70 bits per heavy atom. The zero-order valence-corrected chi connectivity index (χ0v) is 15.4. The molecule has 4 rings (SSSR count). The summed E-state index contributed by atoms with van der Waals surface area (Å²) in [4.78, 5) is 15.0. The first-order valence-electron chi connectivity index (χ1n) is 9.67. The standard InChI is InChI=1S/C22H24F2N2O/c1-14-12-20(25-18-9-6-16(23)7-10-18)19-13-17(24)8-11-21(19)26(14)22(27)15-4-2-3-5-15/h6-11,13-15,20,25H,2-5,12H2,1H3. The van der Waals surface area contributed by atoms with Crippen molar-refractivity contribution in [3.63, 3.8) is 0 Å². The van der Waals surface area contributed by atoms with Gasteiger partial charge in [-0.2, -0.15) is 0 Å². The van der Waals surface area contributed by atoms with Crippen LogP contribution in [-0.2, 0) is 4.79 Å². The number of hydrogen-bond donors (Lipinski definition) is 1. The van der Waals surface area contributed by atoms with Gasteiger partial charge < -0.3 is 10.2 Å². The zero-order chi connectivity index (χ0) is 19.0. The third-order valence-corrected chi connectivity index (χ3v) is 5.77. The van der Waals surface area contributed by atoms with Crippen molar-refractivity contribution in [1.29, 1.82) is 0 Å². The largest absolute Gasteiger partial charge is 0.378 e. The Morgan fingerprint density at radius 3 is 2.41 bits per heavy atom. The maximum Gasteiger partial charge on any atom is 0.230 e. The van der Waals surface area contributed by atoms with Crippen LogP contribution in [0, 0.1) is 17.6 Å². The topological polar surface area (TPSA) is 32.3 Å². The molecule has 0 aromatic heterocycles. The smallest absolute Gasteiger partial charge is 0.230 e. The number of rotatable bonds is 3. The summed E-state index contributed by atoms with van der Waals surface area (Å²) in [7, 11) is 0. The molecule has 27 heavy (non-hydrogen) atoms. The van der Waals surface area contributed by atoms with Gasteiger partial charge >= 0.3 is 0 Å². The van der Waals surface area contributed by atoms with Gasteiger partial charge in [0.05, 0.1) is 6.04 Å². The molecule has 1 amide bonds. The first-order valence-corrected chi connectivity index (χ1v) is 9.67. The molecule has 0 bridgehead atoms. The molecule has 1 aliphatic carbocycles. The van der Waals surface area contributed by atoms with E-state index in [1.165, 1.54) is 24.3 Å². The van der Waals surface area contributed by atoms with E-state index in [9.17, 15) is 13.6 Å². The fraction of sp³-hybridized carbons (Fsp3) is 0.409. The number of carbonyl (C=O) groups is 1. The van der Waals surface area contributed by atoms with Gasteiger partial charge in [-0.05, 0) is 68.7 Å². The van der Waals surface area contributed by atoms with Crippen LogP contribution in [0.15, 0.2) is 42.5 Å². The van der Waals surface area contributed by atoms with Crippen LogP contribution < -0.4 is 10.2 Å². The average molecular weight is 370 g/mol. The van der Waals surface area contributed by atoms with E-state index in [0.717, 1.165) is 42.6 Å². The molecule has 1 aliphatic heterocycles. The lowest BCUT2D eigenvalue weighted by molar-refractivity contribution is -0.122. The molecular weight excluding hydrogens is 346 g/mol. The van der Waals surface area contributed by atoms with Gasteiger partial charge in [-0.1, -0.05) is 12.8 Å². The second kappa shape index (κ2) is 7.29. The Bertz CT molecular complexity index is 831. The lowest BCUT2D eigenvalue weighted by Gasteiger charge is -2.41. The van der Waals surface area contributed by atoms with Crippen molar-refractivity contribution in [1.82, 2.24) is 0 Å². The summed E-state index contributed by atoms with van der Waals surface area (Å²) >= 11 is 0. The molecule has 5 heteroatoms. The van der Waals surface area contributed by atoms with Crippen LogP contribution in [-0.4, -0.2) is 11.9 Å². The van der Waals surface area contributed by atoms with Crippen LogP contribution in [0.25, 0.3) is 0 Å². The van der Waals surface area contributed by atoms with Gasteiger partial charge in [0.15, 0.2) is 0 Å². The first kappa shape index (κ1) is 18.0. The summed E-state index contributed by atoms with van der Waals surface area (Å²) in [5, 5.41) is 3.38. The molecule has 3 nitrogen and oxygen atoms in total. The number of nitrogens with zero attached hydrogens (tertiary/aromatic N) is 1. The average Bonchev–Trinajstić information content (AvgIpc) is 3.18. The predicted molar refractivity (Wildman–Crippen MR) is 103 cm³/mol. The minimum atomic E-state index is -0.317. The van der Waals surface area contributed by atoms with Crippen LogP contribution in [0.2, 0.25) is 0 Å². The number of anilines is 2. The maximum absolute atomic E-state index is 14.0. The van der Waals surface area contributed by atoms with Gasteiger partial charge in [-0.3, -0.25) is 4.79 Å². The van der Waals surface area contributed by atoms with E-state index in [1.54, 1.807) is 18.2 Å². The molecule has 0 radical (unpaired) electrons. The fourth-order valence-corrected chi connectivity index (χ4v) is 4.42. The second-order valence-corrected chi connectivity index (χ2v) is 7.68. The van der Waals surface area contributed by atoms with Crippen LogP contribution in [0.3, 0.4) is 0 Å². The molecule has 2 unspecified atom stereocenters. The number of halogens is 2. The molecule has 1 fully saturated rings. The Kier molecular flexibility index (Phi) is 4.85. The summed E-state index contributed by atoms with van der Waals surface area (Å²) in [6, 6.07) is 10.7. The minimum absolute atomic E-state index is 0.00834. The van der Waals surface area contributed by atoms with Gasteiger partial charge in [-0.25, -0.2) is 8.78 Å². The highest BCUT2D eigenvalue weighted by Crippen LogP contribution is 2.41. The van der Waals surface area contributed by atoms with Crippen molar-refractivity contribution >= 4 is 17.3 Å². The lowest BCUT2D eigenvalue weighted by atomic mass is 9.90. The molecule has 2 aliphatic rings. The number of nitrogens with one attached hydrogen (secondary N) is 1. The molecule has 2 atom stereocenters. The van der Waals surface area contributed by atoms with E-state index >= 15 is 0 Å². The van der Waals surface area contributed by atoms with Gasteiger partial charge in [0.25, 0.3) is 0 Å². The van der Waals surface area contributed by atoms with E-state index in [0.29, 0.717) is 6.42 Å². The van der Waals surface area contributed by atoms with Crippen molar-refractivity contribution in [3.05, 3.63) is 59.7 Å². The highest BCUT2D eigenvalue weighted by Gasteiger charge is 2.37. The normalized spacial score (nSPS) is 22.6. The molecule has 2 aromatic rings. The van der Waals surface area contributed by atoms with Crippen LogP contribution in [0.1, 0.15) is 50.6 Å². The maximum atomic E-state index is 14.0. The van der Waals surface area contributed by atoms with Gasteiger partial charge in [-0.15, -0.1) is 0 Å². The van der Waals surface area contributed by atoms with E-state index < -0.39 is 0 Å². The predicted octanol–water partition coefficient (Wildman–Crippen LogP) is 5.43. The third-order valence-electron chi connectivity index (χ3n) is 5.77. The molecule has 2 aromatic carbocycles. The molecule has 0 spiro atoms. The van der Waals surface area contributed by atoms with Crippen LogP contribution >= 0.6 is 0 Å². The van der Waals surface area contributed by atoms with E-state index in [4.69, 9.17) is 0 Å². The number of benzene rings is 2.